The Balaban J connectivity index is 2.29. The van der Waals surface area contributed by atoms with Crippen molar-refractivity contribution in [2.75, 3.05) is 5.32 Å². The van der Waals surface area contributed by atoms with Gasteiger partial charge in [0.1, 0.15) is 11.5 Å². The van der Waals surface area contributed by atoms with Crippen LogP contribution in [0.4, 0.5) is 15.8 Å². The van der Waals surface area contributed by atoms with E-state index in [4.69, 9.17) is 0 Å². The maximum absolute atomic E-state index is 13.3. The third-order valence-corrected chi connectivity index (χ3v) is 3.22. The predicted molar refractivity (Wildman–Crippen MR) is 78.8 cm³/mol. The highest BCUT2D eigenvalue weighted by molar-refractivity contribution is 9.10. The molecule has 0 fully saturated rings. The first kappa shape index (κ1) is 15.2. The highest BCUT2D eigenvalue weighted by Crippen LogP contribution is 2.21. The number of nitro groups is 1. The minimum Gasteiger partial charge on any atom is -0.343 e. The first-order valence-electron chi connectivity index (χ1n) is 6.02. The Morgan fingerprint density at radius 1 is 1.43 bits per heavy atom. The van der Waals surface area contributed by atoms with Crippen molar-refractivity contribution in [3.63, 3.8) is 0 Å². The normalized spacial score (nSPS) is 10.4. The van der Waals surface area contributed by atoms with E-state index in [-0.39, 0.29) is 5.69 Å². The van der Waals surface area contributed by atoms with Crippen LogP contribution in [0.1, 0.15) is 17.4 Å². The zero-order chi connectivity index (χ0) is 15.6. The lowest BCUT2D eigenvalue weighted by atomic mass is 10.2. The van der Waals surface area contributed by atoms with Gasteiger partial charge in [-0.3, -0.25) is 14.9 Å². The van der Waals surface area contributed by atoms with E-state index in [1.807, 2.05) is 6.92 Å². The van der Waals surface area contributed by atoms with Crippen LogP contribution < -0.4 is 5.32 Å². The summed E-state index contributed by atoms with van der Waals surface area (Å²) in [5, 5.41) is 13.1. The molecule has 8 heteroatoms. The third kappa shape index (κ3) is 3.46. The van der Waals surface area contributed by atoms with E-state index in [1.54, 1.807) is 16.8 Å². The summed E-state index contributed by atoms with van der Waals surface area (Å²) in [6.07, 6.45) is 1.74. The number of hydrogen-bond donors (Lipinski definition) is 1. The van der Waals surface area contributed by atoms with Gasteiger partial charge < -0.3 is 9.88 Å². The van der Waals surface area contributed by atoms with Crippen LogP contribution in [-0.2, 0) is 6.54 Å². The average Bonchev–Trinajstić information content (AvgIpc) is 2.79. The standard InChI is InChI=1S/C13H11BrFN3O3/c1-2-17-7-8(14)3-12(17)13(19)16-10-4-9(15)5-11(6-10)18(20)21/h3-7H,2H2,1H3,(H,16,19). The van der Waals surface area contributed by atoms with Crippen LogP contribution in [0.2, 0.25) is 0 Å². The molecule has 0 radical (unpaired) electrons. The van der Waals surface area contributed by atoms with Crippen molar-refractivity contribution in [3.05, 3.63) is 56.6 Å². The fraction of sp³-hybridized carbons (Fsp3) is 0.154. The molecule has 0 bridgehead atoms. The number of benzene rings is 1. The highest BCUT2D eigenvalue weighted by atomic mass is 79.9. The van der Waals surface area contributed by atoms with Gasteiger partial charge in [-0.05, 0) is 35.0 Å². The van der Waals surface area contributed by atoms with E-state index in [0.717, 1.165) is 22.7 Å². The van der Waals surface area contributed by atoms with Crippen LogP contribution in [0.3, 0.4) is 0 Å². The summed E-state index contributed by atoms with van der Waals surface area (Å²) in [5.41, 5.74) is -0.0136. The number of carbonyl (C=O) groups excluding carboxylic acids is 1. The molecule has 0 saturated carbocycles. The molecule has 2 aromatic rings. The number of halogens is 2. The summed E-state index contributed by atoms with van der Waals surface area (Å²) in [4.78, 5) is 22.1. The molecule has 0 atom stereocenters. The van der Waals surface area contributed by atoms with Crippen molar-refractivity contribution in [2.45, 2.75) is 13.5 Å². The Morgan fingerprint density at radius 2 is 2.14 bits per heavy atom. The van der Waals surface area contributed by atoms with Gasteiger partial charge in [0, 0.05) is 23.3 Å². The van der Waals surface area contributed by atoms with E-state index in [1.165, 1.54) is 0 Å². The van der Waals surface area contributed by atoms with E-state index in [9.17, 15) is 19.3 Å². The molecule has 21 heavy (non-hydrogen) atoms. The molecule has 1 heterocycles. The van der Waals surface area contributed by atoms with Gasteiger partial charge >= 0.3 is 0 Å². The number of nitrogens with one attached hydrogen (secondary N) is 1. The van der Waals surface area contributed by atoms with Gasteiger partial charge in [0.2, 0.25) is 0 Å². The Hall–Kier alpha value is -2.22. The number of aromatic nitrogens is 1. The maximum atomic E-state index is 13.3. The Bertz CT molecular complexity index is 715. The third-order valence-electron chi connectivity index (χ3n) is 2.79. The minimum atomic E-state index is -0.786. The van der Waals surface area contributed by atoms with E-state index >= 15 is 0 Å². The largest absolute Gasteiger partial charge is 0.343 e. The lowest BCUT2D eigenvalue weighted by Crippen LogP contribution is -2.16. The molecule has 1 aromatic carbocycles. The molecule has 2 rings (SSSR count). The van der Waals surface area contributed by atoms with Gasteiger partial charge in [-0.1, -0.05) is 0 Å². The minimum absolute atomic E-state index is 0.0340. The number of non-ortho nitro benzene ring substituents is 1. The Labute approximate surface area is 127 Å². The number of hydrogen-bond acceptors (Lipinski definition) is 3. The quantitative estimate of drug-likeness (QED) is 0.672. The van der Waals surface area contributed by atoms with Crippen molar-refractivity contribution >= 4 is 33.2 Å². The van der Waals surface area contributed by atoms with Crippen molar-refractivity contribution in [1.82, 2.24) is 4.57 Å². The molecular weight excluding hydrogens is 345 g/mol. The topological polar surface area (TPSA) is 77.2 Å². The summed E-state index contributed by atoms with van der Waals surface area (Å²) in [6.45, 7) is 2.45. The number of nitrogens with zero attached hydrogens (tertiary/aromatic N) is 2. The van der Waals surface area contributed by atoms with Gasteiger partial charge in [-0.25, -0.2) is 4.39 Å². The van der Waals surface area contributed by atoms with Crippen LogP contribution in [-0.4, -0.2) is 15.4 Å². The molecule has 1 aromatic heterocycles. The molecule has 0 aliphatic heterocycles. The lowest BCUT2D eigenvalue weighted by Gasteiger charge is -2.07. The molecule has 0 unspecified atom stereocenters. The summed E-state index contributed by atoms with van der Waals surface area (Å²) < 4.78 is 15.8. The molecule has 0 aliphatic rings. The zero-order valence-corrected chi connectivity index (χ0v) is 12.6. The van der Waals surface area contributed by atoms with Crippen LogP contribution in [0.25, 0.3) is 0 Å². The number of aryl methyl sites for hydroxylation is 1. The van der Waals surface area contributed by atoms with Gasteiger partial charge in [-0.2, -0.15) is 0 Å². The summed E-state index contributed by atoms with van der Waals surface area (Å²) in [6, 6.07) is 4.54. The number of nitro benzene ring substituents is 1. The smallest absolute Gasteiger partial charge is 0.274 e. The number of carbonyl (C=O) groups is 1. The first-order chi connectivity index (χ1) is 9.90. The van der Waals surface area contributed by atoms with E-state index in [0.29, 0.717) is 12.2 Å². The highest BCUT2D eigenvalue weighted by Gasteiger charge is 2.15. The second-order valence-electron chi connectivity index (χ2n) is 4.24. The molecular formula is C13H11BrFN3O3. The van der Waals surface area contributed by atoms with Gasteiger partial charge in [0.15, 0.2) is 0 Å². The summed E-state index contributed by atoms with van der Waals surface area (Å²) in [7, 11) is 0. The van der Waals surface area contributed by atoms with Gasteiger partial charge in [-0.15, -0.1) is 0 Å². The molecule has 1 amide bonds. The SMILES string of the molecule is CCn1cc(Br)cc1C(=O)Nc1cc(F)cc([N+](=O)[O-])c1. The molecule has 0 saturated heterocycles. The van der Waals surface area contributed by atoms with Gasteiger partial charge in [0.25, 0.3) is 11.6 Å². The molecule has 0 aliphatic carbocycles. The number of amides is 1. The maximum Gasteiger partial charge on any atom is 0.274 e. The van der Waals surface area contributed by atoms with Crippen molar-refractivity contribution < 1.29 is 14.1 Å². The lowest BCUT2D eigenvalue weighted by molar-refractivity contribution is -0.385. The molecule has 1 N–H and O–H groups in total. The fourth-order valence-corrected chi connectivity index (χ4v) is 2.34. The predicted octanol–water partition coefficient (Wildman–Crippen LogP) is 3.57. The Morgan fingerprint density at radius 3 is 2.76 bits per heavy atom. The number of rotatable bonds is 4. The summed E-state index contributed by atoms with van der Waals surface area (Å²) in [5.74, 6) is -1.26. The van der Waals surface area contributed by atoms with Crippen LogP contribution in [0.15, 0.2) is 34.9 Å². The van der Waals surface area contributed by atoms with Crippen molar-refractivity contribution in [1.29, 1.82) is 0 Å². The van der Waals surface area contributed by atoms with Crippen LogP contribution >= 0.6 is 15.9 Å². The number of anilines is 1. The second kappa shape index (κ2) is 6.04. The van der Waals surface area contributed by atoms with Crippen molar-refractivity contribution in [2.24, 2.45) is 0 Å². The van der Waals surface area contributed by atoms with Gasteiger partial charge in [0.05, 0.1) is 16.7 Å². The monoisotopic (exact) mass is 355 g/mol. The molecule has 0 spiro atoms. The first-order valence-corrected chi connectivity index (χ1v) is 6.82. The van der Waals surface area contributed by atoms with E-state index in [2.05, 4.69) is 21.2 Å². The van der Waals surface area contributed by atoms with E-state index < -0.39 is 22.3 Å². The van der Waals surface area contributed by atoms with Crippen LogP contribution in [0, 0.1) is 15.9 Å². The Kier molecular flexibility index (Phi) is 4.37. The van der Waals surface area contributed by atoms with Crippen molar-refractivity contribution in [3.8, 4) is 0 Å². The molecule has 110 valence electrons. The zero-order valence-electron chi connectivity index (χ0n) is 11.0. The average molecular weight is 356 g/mol. The summed E-state index contributed by atoms with van der Waals surface area (Å²) >= 11 is 3.27. The molecule has 6 nitrogen and oxygen atoms in total. The van der Waals surface area contributed by atoms with Crippen LogP contribution in [0.5, 0.6) is 0 Å². The second-order valence-corrected chi connectivity index (χ2v) is 5.15. The fourth-order valence-electron chi connectivity index (χ4n) is 1.87.